The lowest BCUT2D eigenvalue weighted by Gasteiger charge is -2.33. The number of nitrogens with zero attached hydrogens (tertiary/aromatic N) is 5. The highest BCUT2D eigenvalue weighted by Gasteiger charge is 2.27. The molecule has 0 unspecified atom stereocenters. The molecule has 172 valence electrons. The van der Waals surface area contributed by atoms with Crippen LogP contribution >= 0.6 is 11.8 Å². The summed E-state index contributed by atoms with van der Waals surface area (Å²) in [5.74, 6) is 1.10. The summed E-state index contributed by atoms with van der Waals surface area (Å²) in [6, 6.07) is 20.6. The molecule has 0 bridgehead atoms. The van der Waals surface area contributed by atoms with Crippen molar-refractivity contribution in [2.45, 2.75) is 37.4 Å². The summed E-state index contributed by atoms with van der Waals surface area (Å²) in [6.07, 6.45) is 6.70. The zero-order valence-corrected chi connectivity index (χ0v) is 20.2. The van der Waals surface area contributed by atoms with Crippen LogP contribution in [0.1, 0.15) is 35.6 Å². The SMILES string of the molecule is Cc1ccccc1-n1c(SCC(=O)N(C)[C@@H]2CCCc3ccccc32)nnc1-c1cccnc1. The fourth-order valence-corrected chi connectivity index (χ4v) is 5.48. The van der Waals surface area contributed by atoms with Gasteiger partial charge in [0, 0.05) is 25.0 Å². The van der Waals surface area contributed by atoms with E-state index in [2.05, 4.69) is 58.5 Å². The van der Waals surface area contributed by atoms with E-state index in [1.165, 1.54) is 22.9 Å². The molecule has 34 heavy (non-hydrogen) atoms. The zero-order valence-electron chi connectivity index (χ0n) is 19.4. The van der Waals surface area contributed by atoms with Crippen molar-refractivity contribution in [1.82, 2.24) is 24.6 Å². The first-order valence-electron chi connectivity index (χ1n) is 11.5. The van der Waals surface area contributed by atoms with Crippen LogP contribution in [0, 0.1) is 6.92 Å². The molecular formula is C27H27N5OS. The summed E-state index contributed by atoms with van der Waals surface area (Å²) in [7, 11) is 1.92. The fraction of sp³-hybridized carbons (Fsp3) is 0.259. The maximum Gasteiger partial charge on any atom is 0.233 e. The van der Waals surface area contributed by atoms with Crippen LogP contribution in [0.2, 0.25) is 0 Å². The van der Waals surface area contributed by atoms with Crippen LogP contribution < -0.4 is 0 Å². The minimum atomic E-state index is 0.0916. The Labute approximate surface area is 204 Å². The van der Waals surface area contributed by atoms with E-state index >= 15 is 0 Å². The van der Waals surface area contributed by atoms with Crippen molar-refractivity contribution < 1.29 is 4.79 Å². The number of aryl methyl sites for hydroxylation is 2. The summed E-state index contributed by atoms with van der Waals surface area (Å²) in [6.45, 7) is 2.07. The van der Waals surface area contributed by atoms with Gasteiger partial charge in [0.15, 0.2) is 11.0 Å². The number of carbonyl (C=O) groups is 1. The number of thioether (sulfide) groups is 1. The van der Waals surface area contributed by atoms with E-state index in [9.17, 15) is 4.79 Å². The molecule has 0 radical (unpaired) electrons. The first-order chi connectivity index (χ1) is 16.6. The van der Waals surface area contributed by atoms with Gasteiger partial charge in [0.25, 0.3) is 0 Å². The number of carbonyl (C=O) groups excluding carboxylic acids is 1. The Morgan fingerprint density at radius 3 is 2.74 bits per heavy atom. The number of pyridine rings is 1. The molecule has 0 fully saturated rings. The first kappa shape index (κ1) is 22.3. The number of para-hydroxylation sites is 1. The zero-order chi connectivity index (χ0) is 23.5. The third-order valence-electron chi connectivity index (χ3n) is 6.43. The van der Waals surface area contributed by atoms with Gasteiger partial charge in [-0.15, -0.1) is 10.2 Å². The van der Waals surface area contributed by atoms with E-state index in [1.54, 1.807) is 12.4 Å². The third kappa shape index (κ3) is 4.35. The van der Waals surface area contributed by atoms with Crippen molar-refractivity contribution in [2.75, 3.05) is 12.8 Å². The lowest BCUT2D eigenvalue weighted by atomic mass is 9.87. The van der Waals surface area contributed by atoms with Crippen LogP contribution in [0.5, 0.6) is 0 Å². The first-order valence-corrected chi connectivity index (χ1v) is 12.5. The molecule has 2 aromatic heterocycles. The van der Waals surface area contributed by atoms with Gasteiger partial charge in [0.05, 0.1) is 17.5 Å². The number of benzene rings is 2. The van der Waals surface area contributed by atoms with Gasteiger partial charge < -0.3 is 4.90 Å². The third-order valence-corrected chi connectivity index (χ3v) is 7.35. The molecular weight excluding hydrogens is 442 g/mol. The van der Waals surface area contributed by atoms with Crippen molar-refractivity contribution in [2.24, 2.45) is 0 Å². The lowest BCUT2D eigenvalue weighted by Crippen LogP contribution is -2.34. The fourth-order valence-electron chi connectivity index (χ4n) is 4.61. The van der Waals surface area contributed by atoms with E-state index in [0.717, 1.165) is 36.1 Å². The number of hydrogen-bond donors (Lipinski definition) is 0. The quantitative estimate of drug-likeness (QED) is 0.360. The van der Waals surface area contributed by atoms with Gasteiger partial charge in [-0.25, -0.2) is 0 Å². The van der Waals surface area contributed by atoms with E-state index < -0.39 is 0 Å². The minimum absolute atomic E-state index is 0.0916. The summed E-state index contributed by atoms with van der Waals surface area (Å²) in [5.41, 5.74) is 5.61. The van der Waals surface area contributed by atoms with E-state index in [0.29, 0.717) is 16.7 Å². The maximum atomic E-state index is 13.3. The molecule has 0 aliphatic heterocycles. The second-order valence-electron chi connectivity index (χ2n) is 8.57. The number of rotatable bonds is 6. The van der Waals surface area contributed by atoms with E-state index in [-0.39, 0.29) is 11.9 Å². The normalized spacial score (nSPS) is 15.1. The molecule has 0 spiro atoms. The lowest BCUT2D eigenvalue weighted by molar-refractivity contribution is -0.129. The van der Waals surface area contributed by atoms with E-state index in [4.69, 9.17) is 0 Å². The van der Waals surface area contributed by atoms with Crippen LogP contribution in [0.4, 0.5) is 0 Å². The second kappa shape index (κ2) is 9.81. The Hall–Kier alpha value is -3.45. The van der Waals surface area contributed by atoms with Gasteiger partial charge in [-0.05, 0) is 61.1 Å². The highest BCUT2D eigenvalue weighted by Crippen LogP contribution is 2.34. The molecule has 0 saturated carbocycles. The van der Waals surface area contributed by atoms with Gasteiger partial charge in [-0.2, -0.15) is 0 Å². The van der Waals surface area contributed by atoms with Crippen molar-refractivity contribution in [3.63, 3.8) is 0 Å². The minimum Gasteiger partial charge on any atom is -0.338 e. The van der Waals surface area contributed by atoms with Gasteiger partial charge in [0.1, 0.15) is 0 Å². The molecule has 1 aliphatic carbocycles. The smallest absolute Gasteiger partial charge is 0.233 e. The van der Waals surface area contributed by atoms with E-state index in [1.807, 2.05) is 40.8 Å². The molecule has 6 nitrogen and oxygen atoms in total. The van der Waals surface area contributed by atoms with Gasteiger partial charge >= 0.3 is 0 Å². The molecule has 1 amide bonds. The average Bonchev–Trinajstić information content (AvgIpc) is 3.31. The van der Waals surface area contributed by atoms with Crippen molar-refractivity contribution in [1.29, 1.82) is 0 Å². The molecule has 1 atom stereocenters. The summed E-state index contributed by atoms with van der Waals surface area (Å²) in [4.78, 5) is 19.4. The van der Waals surface area contributed by atoms with Crippen LogP contribution in [0.15, 0.2) is 78.2 Å². The summed E-state index contributed by atoms with van der Waals surface area (Å²) in [5, 5.41) is 9.63. The number of amides is 1. The highest BCUT2D eigenvalue weighted by atomic mass is 32.2. The Bertz CT molecular complexity index is 1300. The molecule has 2 heterocycles. The Kier molecular flexibility index (Phi) is 6.45. The van der Waals surface area contributed by atoms with Crippen molar-refractivity contribution >= 4 is 17.7 Å². The van der Waals surface area contributed by atoms with Crippen LogP contribution in [0.25, 0.3) is 17.1 Å². The molecule has 1 aliphatic rings. The molecule has 2 aromatic carbocycles. The predicted molar refractivity (Wildman–Crippen MR) is 135 cm³/mol. The Balaban J connectivity index is 1.41. The van der Waals surface area contributed by atoms with Crippen LogP contribution in [-0.4, -0.2) is 43.4 Å². The Morgan fingerprint density at radius 2 is 1.91 bits per heavy atom. The number of fused-ring (bicyclic) bond motifs is 1. The largest absolute Gasteiger partial charge is 0.338 e. The van der Waals surface area contributed by atoms with Crippen molar-refractivity contribution in [3.05, 3.63) is 89.7 Å². The maximum absolute atomic E-state index is 13.3. The molecule has 4 aromatic rings. The van der Waals surface area contributed by atoms with Crippen molar-refractivity contribution in [3.8, 4) is 17.1 Å². The number of hydrogen-bond acceptors (Lipinski definition) is 5. The predicted octanol–water partition coefficient (Wildman–Crippen LogP) is 5.27. The number of aromatic nitrogens is 4. The summed E-state index contributed by atoms with van der Waals surface area (Å²) < 4.78 is 2.03. The van der Waals surface area contributed by atoms with Crippen LogP contribution in [0.3, 0.4) is 0 Å². The molecule has 7 heteroatoms. The van der Waals surface area contributed by atoms with Gasteiger partial charge in [-0.3, -0.25) is 14.3 Å². The highest BCUT2D eigenvalue weighted by molar-refractivity contribution is 7.99. The topological polar surface area (TPSA) is 63.9 Å². The monoisotopic (exact) mass is 469 g/mol. The standard InChI is InChI=1S/C27H27N5OS/c1-19-9-3-6-14-23(19)32-26(21-12-8-16-28-17-21)29-30-27(32)34-18-25(33)31(2)24-15-7-11-20-10-4-5-13-22(20)24/h3-6,8-10,12-14,16-17,24H,7,11,15,18H2,1-2H3/t24-/m1/s1. The molecule has 0 saturated heterocycles. The molecule has 0 N–H and O–H groups in total. The second-order valence-corrected chi connectivity index (χ2v) is 9.51. The molecule has 5 rings (SSSR count). The van der Waals surface area contributed by atoms with Gasteiger partial charge in [0.2, 0.25) is 5.91 Å². The average molecular weight is 470 g/mol. The van der Waals surface area contributed by atoms with Gasteiger partial charge in [-0.1, -0.05) is 54.2 Å². The summed E-state index contributed by atoms with van der Waals surface area (Å²) >= 11 is 1.43. The Morgan fingerprint density at radius 1 is 1.09 bits per heavy atom. The van der Waals surface area contributed by atoms with Crippen LogP contribution in [-0.2, 0) is 11.2 Å².